The maximum atomic E-state index is 9.87. The molecular weight excluding hydrogens is 214 g/mol. The number of benzene rings is 1. The van der Waals surface area contributed by atoms with Crippen LogP contribution >= 0.6 is 11.6 Å². The lowest BCUT2D eigenvalue weighted by atomic mass is 9.95. The third-order valence-corrected chi connectivity index (χ3v) is 2.68. The lowest BCUT2D eigenvalue weighted by molar-refractivity contribution is 0.0236. The maximum Gasteiger partial charge on any atom is 0.107 e. The molecule has 4 N–H and O–H groups in total. The molecule has 0 heterocycles. The lowest BCUT2D eigenvalue weighted by Gasteiger charge is -2.20. The molecule has 4 heteroatoms. The topological polar surface area (TPSA) is 66.5 Å². The Kier molecular flexibility index (Phi) is 4.11. The van der Waals surface area contributed by atoms with Crippen LogP contribution in [0.25, 0.3) is 0 Å². The van der Waals surface area contributed by atoms with Crippen LogP contribution in [0.2, 0.25) is 5.02 Å². The summed E-state index contributed by atoms with van der Waals surface area (Å²) in [7, 11) is 0. The highest BCUT2D eigenvalue weighted by atomic mass is 35.5. The highest BCUT2D eigenvalue weighted by molar-refractivity contribution is 6.30. The smallest absolute Gasteiger partial charge is 0.107 e. The summed E-state index contributed by atoms with van der Waals surface area (Å²) < 4.78 is 0. The zero-order chi connectivity index (χ0) is 11.6. The molecular formula is C11H16ClNO2. The number of rotatable bonds is 3. The summed E-state index contributed by atoms with van der Waals surface area (Å²) in [6.07, 6.45) is -1.89. The fourth-order valence-electron chi connectivity index (χ4n) is 1.71. The fraction of sp³-hybridized carbons (Fsp3) is 0.455. The van der Waals surface area contributed by atoms with Crippen LogP contribution in [0, 0.1) is 13.8 Å². The number of aliphatic hydroxyl groups is 2. The van der Waals surface area contributed by atoms with E-state index in [0.717, 1.165) is 11.1 Å². The molecule has 0 aliphatic rings. The van der Waals surface area contributed by atoms with E-state index in [0.29, 0.717) is 10.6 Å². The van der Waals surface area contributed by atoms with E-state index in [2.05, 4.69) is 0 Å². The molecule has 0 aliphatic carbocycles. The van der Waals surface area contributed by atoms with Gasteiger partial charge in [-0.05, 0) is 42.7 Å². The van der Waals surface area contributed by atoms with Crippen LogP contribution in [-0.2, 0) is 0 Å². The van der Waals surface area contributed by atoms with Crippen molar-refractivity contribution in [1.82, 2.24) is 0 Å². The summed E-state index contributed by atoms with van der Waals surface area (Å²) in [4.78, 5) is 0. The van der Waals surface area contributed by atoms with E-state index in [9.17, 15) is 10.2 Å². The number of nitrogens with two attached hydrogens (primary N) is 1. The number of aliphatic hydroxyl groups excluding tert-OH is 2. The molecule has 2 unspecified atom stereocenters. The van der Waals surface area contributed by atoms with Gasteiger partial charge in [0.05, 0.1) is 6.10 Å². The molecule has 0 amide bonds. The molecule has 0 saturated heterocycles. The van der Waals surface area contributed by atoms with Crippen LogP contribution in [0.15, 0.2) is 12.1 Å². The van der Waals surface area contributed by atoms with Crippen molar-refractivity contribution in [2.75, 3.05) is 6.54 Å². The second-order valence-corrected chi connectivity index (χ2v) is 4.14. The van der Waals surface area contributed by atoms with Gasteiger partial charge in [0.2, 0.25) is 0 Å². The number of hydrogen-bond acceptors (Lipinski definition) is 3. The molecule has 3 nitrogen and oxygen atoms in total. The lowest BCUT2D eigenvalue weighted by Crippen LogP contribution is -2.28. The summed E-state index contributed by atoms with van der Waals surface area (Å²) >= 11 is 5.87. The van der Waals surface area contributed by atoms with Crippen molar-refractivity contribution in [3.8, 4) is 0 Å². The molecule has 0 fully saturated rings. The van der Waals surface area contributed by atoms with Gasteiger partial charge in [-0.15, -0.1) is 0 Å². The van der Waals surface area contributed by atoms with Gasteiger partial charge in [0.15, 0.2) is 0 Å². The van der Waals surface area contributed by atoms with E-state index in [4.69, 9.17) is 17.3 Å². The standard InChI is InChI=1S/C11H16ClNO2/c1-6-3-8(12)4-7(2)10(6)11(15)9(14)5-13/h3-4,9,11,14-15H,5,13H2,1-2H3. The quantitative estimate of drug-likeness (QED) is 0.732. The van der Waals surface area contributed by atoms with Crippen molar-refractivity contribution >= 4 is 11.6 Å². The zero-order valence-corrected chi connectivity index (χ0v) is 9.62. The van der Waals surface area contributed by atoms with Crippen molar-refractivity contribution in [2.24, 2.45) is 5.73 Å². The van der Waals surface area contributed by atoms with Crippen molar-refractivity contribution in [3.05, 3.63) is 33.8 Å². The molecule has 84 valence electrons. The fourth-order valence-corrected chi connectivity index (χ4v) is 2.04. The van der Waals surface area contributed by atoms with Crippen LogP contribution < -0.4 is 5.73 Å². The molecule has 0 aliphatic heterocycles. The van der Waals surface area contributed by atoms with Gasteiger partial charge >= 0.3 is 0 Å². The first kappa shape index (κ1) is 12.5. The summed E-state index contributed by atoms with van der Waals surface area (Å²) in [6, 6.07) is 3.52. The Morgan fingerprint density at radius 1 is 1.27 bits per heavy atom. The van der Waals surface area contributed by atoms with Gasteiger partial charge < -0.3 is 15.9 Å². The number of halogens is 1. The molecule has 15 heavy (non-hydrogen) atoms. The Bertz CT molecular complexity index is 331. The van der Waals surface area contributed by atoms with E-state index in [1.807, 2.05) is 13.8 Å². The van der Waals surface area contributed by atoms with Gasteiger partial charge in [-0.1, -0.05) is 11.6 Å². The van der Waals surface area contributed by atoms with Crippen molar-refractivity contribution in [1.29, 1.82) is 0 Å². The molecule has 1 aromatic carbocycles. The number of aryl methyl sites for hydroxylation is 2. The average Bonchev–Trinajstić information content (AvgIpc) is 2.14. The number of hydrogen-bond donors (Lipinski definition) is 3. The van der Waals surface area contributed by atoms with Crippen LogP contribution in [0.1, 0.15) is 22.8 Å². The molecule has 0 bridgehead atoms. The van der Waals surface area contributed by atoms with E-state index < -0.39 is 12.2 Å². The van der Waals surface area contributed by atoms with Crippen LogP contribution in [-0.4, -0.2) is 22.9 Å². The van der Waals surface area contributed by atoms with E-state index in [-0.39, 0.29) is 6.54 Å². The summed E-state index contributed by atoms with van der Waals surface area (Å²) in [5.74, 6) is 0. The van der Waals surface area contributed by atoms with E-state index >= 15 is 0 Å². The van der Waals surface area contributed by atoms with Gasteiger partial charge in [0, 0.05) is 11.6 Å². The zero-order valence-electron chi connectivity index (χ0n) is 8.87. The third kappa shape index (κ3) is 2.69. The normalized spacial score (nSPS) is 15.1. The second kappa shape index (κ2) is 4.94. The van der Waals surface area contributed by atoms with Gasteiger partial charge in [-0.3, -0.25) is 0 Å². The largest absolute Gasteiger partial charge is 0.389 e. The Morgan fingerprint density at radius 3 is 2.13 bits per heavy atom. The first-order chi connectivity index (χ1) is 6.97. The summed E-state index contributed by atoms with van der Waals surface area (Å²) in [6.45, 7) is 3.73. The SMILES string of the molecule is Cc1cc(Cl)cc(C)c1C(O)C(O)CN. The summed E-state index contributed by atoms with van der Waals surface area (Å²) in [5.41, 5.74) is 7.73. The first-order valence-electron chi connectivity index (χ1n) is 4.80. The molecule has 0 aromatic heterocycles. The van der Waals surface area contributed by atoms with Gasteiger partial charge in [-0.25, -0.2) is 0 Å². The Labute approximate surface area is 94.5 Å². The molecule has 1 rings (SSSR count). The minimum atomic E-state index is -0.952. The maximum absolute atomic E-state index is 9.87. The highest BCUT2D eigenvalue weighted by Gasteiger charge is 2.20. The van der Waals surface area contributed by atoms with E-state index in [1.54, 1.807) is 12.1 Å². The molecule has 2 atom stereocenters. The van der Waals surface area contributed by atoms with Crippen molar-refractivity contribution in [3.63, 3.8) is 0 Å². The van der Waals surface area contributed by atoms with Gasteiger partial charge in [-0.2, -0.15) is 0 Å². The van der Waals surface area contributed by atoms with Crippen LogP contribution in [0.3, 0.4) is 0 Å². The van der Waals surface area contributed by atoms with Crippen molar-refractivity contribution in [2.45, 2.75) is 26.1 Å². The Hall–Kier alpha value is -0.610. The molecule has 0 radical (unpaired) electrons. The monoisotopic (exact) mass is 229 g/mol. The minimum Gasteiger partial charge on any atom is -0.389 e. The summed E-state index contributed by atoms with van der Waals surface area (Å²) in [5, 5.41) is 20.0. The van der Waals surface area contributed by atoms with E-state index in [1.165, 1.54) is 0 Å². The van der Waals surface area contributed by atoms with Gasteiger partial charge in [0.25, 0.3) is 0 Å². The first-order valence-corrected chi connectivity index (χ1v) is 5.18. The Balaban J connectivity index is 3.13. The van der Waals surface area contributed by atoms with Crippen LogP contribution in [0.5, 0.6) is 0 Å². The highest BCUT2D eigenvalue weighted by Crippen LogP contribution is 2.27. The molecule has 0 spiro atoms. The predicted octanol–water partition coefficient (Wildman–Crippen LogP) is 1.31. The average molecular weight is 230 g/mol. The predicted molar refractivity (Wildman–Crippen MR) is 60.9 cm³/mol. The van der Waals surface area contributed by atoms with Gasteiger partial charge in [0.1, 0.15) is 6.10 Å². The molecule has 0 saturated carbocycles. The van der Waals surface area contributed by atoms with Crippen molar-refractivity contribution < 1.29 is 10.2 Å². The molecule has 1 aromatic rings. The third-order valence-electron chi connectivity index (χ3n) is 2.46. The second-order valence-electron chi connectivity index (χ2n) is 3.70. The minimum absolute atomic E-state index is 0.0304. The van der Waals surface area contributed by atoms with Crippen LogP contribution in [0.4, 0.5) is 0 Å². The Morgan fingerprint density at radius 2 is 1.73 bits per heavy atom.